The molecular formula is C25H22F2N2O3. The molecule has 0 aliphatic carbocycles. The van der Waals surface area contributed by atoms with Gasteiger partial charge in [-0.05, 0) is 47.0 Å². The number of hydrogen-bond donors (Lipinski definition) is 2. The van der Waals surface area contributed by atoms with Crippen molar-refractivity contribution in [3.05, 3.63) is 107 Å². The van der Waals surface area contributed by atoms with Crippen LogP contribution in [0.15, 0.2) is 84.9 Å². The Hall–Kier alpha value is -4.00. The first-order valence-corrected chi connectivity index (χ1v) is 9.86. The largest absolute Gasteiger partial charge is 0.435 e. The second kappa shape index (κ2) is 10.9. The van der Waals surface area contributed by atoms with Crippen LogP contribution in [0.2, 0.25) is 0 Å². The lowest BCUT2D eigenvalue weighted by Gasteiger charge is -2.19. The summed E-state index contributed by atoms with van der Waals surface area (Å²) in [4.78, 5) is 24.2. The van der Waals surface area contributed by atoms with E-state index in [2.05, 4.69) is 15.4 Å². The molecule has 3 aromatic carbocycles. The van der Waals surface area contributed by atoms with Gasteiger partial charge in [0.2, 0.25) is 5.91 Å². The van der Waals surface area contributed by atoms with Crippen LogP contribution < -0.4 is 15.4 Å². The number of benzene rings is 3. The van der Waals surface area contributed by atoms with Crippen molar-refractivity contribution in [3.63, 3.8) is 0 Å². The van der Waals surface area contributed by atoms with Gasteiger partial charge < -0.3 is 15.4 Å². The van der Waals surface area contributed by atoms with E-state index in [1.807, 2.05) is 30.3 Å². The Kier molecular flexibility index (Phi) is 7.70. The fraction of sp³-hybridized carbons (Fsp3) is 0.120. The topological polar surface area (TPSA) is 67.4 Å². The van der Waals surface area contributed by atoms with Crippen molar-refractivity contribution < 1.29 is 23.1 Å². The summed E-state index contributed by atoms with van der Waals surface area (Å²) in [5, 5.41) is 5.49. The van der Waals surface area contributed by atoms with Crippen molar-refractivity contribution in [3.8, 4) is 5.75 Å². The summed E-state index contributed by atoms with van der Waals surface area (Å²) in [5.41, 5.74) is 2.84. The third kappa shape index (κ3) is 6.25. The number of amides is 2. The molecule has 0 aromatic heterocycles. The lowest BCUT2D eigenvalue weighted by Crippen LogP contribution is -2.27. The highest BCUT2D eigenvalue weighted by atomic mass is 19.3. The maximum Gasteiger partial charge on any atom is 0.387 e. The molecule has 0 bridgehead atoms. The predicted molar refractivity (Wildman–Crippen MR) is 118 cm³/mol. The molecule has 2 N–H and O–H groups in total. The quantitative estimate of drug-likeness (QED) is 0.509. The van der Waals surface area contributed by atoms with Crippen LogP contribution in [0.3, 0.4) is 0 Å². The van der Waals surface area contributed by atoms with Crippen LogP contribution in [-0.4, -0.2) is 25.5 Å². The third-order valence-electron chi connectivity index (χ3n) is 4.69. The molecule has 3 aromatic rings. The van der Waals surface area contributed by atoms with Crippen molar-refractivity contribution in [2.45, 2.75) is 12.7 Å². The molecule has 5 nitrogen and oxygen atoms in total. The van der Waals surface area contributed by atoms with Gasteiger partial charge >= 0.3 is 6.61 Å². The van der Waals surface area contributed by atoms with Crippen LogP contribution >= 0.6 is 0 Å². The Morgan fingerprint density at radius 1 is 0.875 bits per heavy atom. The van der Waals surface area contributed by atoms with Crippen molar-refractivity contribution >= 4 is 17.9 Å². The van der Waals surface area contributed by atoms with Crippen molar-refractivity contribution in [2.75, 3.05) is 7.05 Å². The first-order chi connectivity index (χ1) is 15.5. The second-order valence-electron chi connectivity index (χ2n) is 6.83. The molecule has 0 heterocycles. The molecule has 3 rings (SSSR count). The Morgan fingerprint density at radius 2 is 1.50 bits per heavy atom. The van der Waals surface area contributed by atoms with Gasteiger partial charge in [0.1, 0.15) is 5.75 Å². The van der Waals surface area contributed by atoms with Crippen LogP contribution in [0, 0.1) is 0 Å². The van der Waals surface area contributed by atoms with Crippen molar-refractivity contribution in [1.29, 1.82) is 0 Å². The van der Waals surface area contributed by atoms with Gasteiger partial charge in [-0.2, -0.15) is 8.78 Å². The van der Waals surface area contributed by atoms with Crippen LogP contribution in [0.1, 0.15) is 33.1 Å². The summed E-state index contributed by atoms with van der Waals surface area (Å²) in [6.45, 7) is -2.90. The van der Waals surface area contributed by atoms with Gasteiger partial charge in [0.25, 0.3) is 5.91 Å². The summed E-state index contributed by atoms with van der Waals surface area (Å²) in [6, 6.07) is 21.8. The first-order valence-electron chi connectivity index (χ1n) is 9.86. The van der Waals surface area contributed by atoms with Crippen LogP contribution in [-0.2, 0) is 4.79 Å². The van der Waals surface area contributed by atoms with E-state index in [0.29, 0.717) is 5.56 Å². The number of nitrogens with one attached hydrogen (secondary N) is 2. The van der Waals surface area contributed by atoms with Gasteiger partial charge in [-0.25, -0.2) is 0 Å². The molecule has 7 heteroatoms. The van der Waals surface area contributed by atoms with E-state index in [1.54, 1.807) is 49.5 Å². The Bertz CT molecular complexity index is 1070. The number of alkyl halides is 2. The molecule has 0 fully saturated rings. The Balaban J connectivity index is 1.75. The van der Waals surface area contributed by atoms with E-state index < -0.39 is 12.7 Å². The number of carbonyl (C=O) groups excluding carboxylic acids is 2. The van der Waals surface area contributed by atoms with Crippen molar-refractivity contribution in [1.82, 2.24) is 10.6 Å². The number of rotatable bonds is 8. The first kappa shape index (κ1) is 22.7. The minimum Gasteiger partial charge on any atom is -0.435 e. The van der Waals surface area contributed by atoms with Crippen LogP contribution in [0.5, 0.6) is 5.75 Å². The smallest absolute Gasteiger partial charge is 0.387 e. The van der Waals surface area contributed by atoms with Gasteiger partial charge in [0.05, 0.1) is 6.04 Å². The highest BCUT2D eigenvalue weighted by Crippen LogP contribution is 2.25. The van der Waals surface area contributed by atoms with E-state index in [1.165, 1.54) is 18.2 Å². The molecule has 0 aliphatic rings. The summed E-state index contributed by atoms with van der Waals surface area (Å²) < 4.78 is 29.2. The summed E-state index contributed by atoms with van der Waals surface area (Å²) in [6.07, 6.45) is 3.05. The molecule has 164 valence electrons. The molecule has 0 aliphatic heterocycles. The Labute approximate surface area is 184 Å². The van der Waals surface area contributed by atoms with E-state index in [-0.39, 0.29) is 17.6 Å². The van der Waals surface area contributed by atoms with Crippen LogP contribution in [0.25, 0.3) is 6.08 Å². The lowest BCUT2D eigenvalue weighted by molar-refractivity contribution is -0.116. The zero-order chi connectivity index (χ0) is 22.9. The summed E-state index contributed by atoms with van der Waals surface area (Å²) in [5.74, 6) is -0.474. The molecule has 0 spiro atoms. The number of carbonyl (C=O) groups is 2. The van der Waals surface area contributed by atoms with E-state index in [0.717, 1.165) is 16.7 Å². The van der Waals surface area contributed by atoms with Gasteiger partial charge in [-0.15, -0.1) is 0 Å². The molecule has 1 atom stereocenters. The molecule has 0 saturated carbocycles. The van der Waals surface area contributed by atoms with Crippen LogP contribution in [0.4, 0.5) is 8.78 Å². The predicted octanol–water partition coefficient (Wildman–Crippen LogP) is 4.57. The molecule has 32 heavy (non-hydrogen) atoms. The summed E-state index contributed by atoms with van der Waals surface area (Å²) in [7, 11) is 1.56. The zero-order valence-electron chi connectivity index (χ0n) is 17.3. The fourth-order valence-corrected chi connectivity index (χ4v) is 3.10. The zero-order valence-corrected chi connectivity index (χ0v) is 17.3. The number of ether oxygens (including phenoxy) is 1. The molecule has 1 unspecified atom stereocenters. The van der Waals surface area contributed by atoms with E-state index >= 15 is 0 Å². The highest BCUT2D eigenvalue weighted by molar-refractivity contribution is 5.95. The maximum atomic E-state index is 12.6. The number of hydrogen-bond acceptors (Lipinski definition) is 3. The normalized spacial score (nSPS) is 11.9. The SMILES string of the molecule is CNC(=O)c1ccc(C=CC(=O)NC(c2ccccc2)c2ccc(OC(F)F)cc2)cc1. The fourth-order valence-electron chi connectivity index (χ4n) is 3.10. The molecular weight excluding hydrogens is 414 g/mol. The van der Waals surface area contributed by atoms with Gasteiger partial charge in [-0.3, -0.25) is 9.59 Å². The monoisotopic (exact) mass is 436 g/mol. The van der Waals surface area contributed by atoms with Gasteiger partial charge in [0, 0.05) is 18.7 Å². The Morgan fingerprint density at radius 3 is 2.09 bits per heavy atom. The lowest BCUT2D eigenvalue weighted by atomic mass is 9.98. The standard InChI is InChI=1S/C25H22F2N2O3/c1-28-24(31)20-10-7-17(8-11-20)9-16-22(30)29-23(18-5-3-2-4-6-18)19-12-14-21(15-13-19)32-25(26)27/h2-16,23,25H,1H3,(H,28,31)(H,29,30). The average molecular weight is 436 g/mol. The highest BCUT2D eigenvalue weighted by Gasteiger charge is 2.16. The van der Waals surface area contributed by atoms with E-state index in [9.17, 15) is 18.4 Å². The average Bonchev–Trinajstić information content (AvgIpc) is 2.82. The van der Waals surface area contributed by atoms with E-state index in [4.69, 9.17) is 0 Å². The third-order valence-corrected chi connectivity index (χ3v) is 4.69. The van der Waals surface area contributed by atoms with Gasteiger partial charge in [0.15, 0.2) is 0 Å². The maximum absolute atomic E-state index is 12.6. The summed E-state index contributed by atoms with van der Waals surface area (Å²) >= 11 is 0. The second-order valence-corrected chi connectivity index (χ2v) is 6.83. The molecule has 0 saturated heterocycles. The van der Waals surface area contributed by atoms with Crippen molar-refractivity contribution in [2.24, 2.45) is 0 Å². The minimum atomic E-state index is -2.90. The molecule has 2 amide bonds. The number of halogens is 2. The minimum absolute atomic E-state index is 0.0435. The molecule has 0 radical (unpaired) electrons. The van der Waals surface area contributed by atoms with Gasteiger partial charge in [-0.1, -0.05) is 54.6 Å².